The Kier molecular flexibility index (Phi) is 9.44. The largest absolute Gasteiger partial charge is 0.465 e. The highest BCUT2D eigenvalue weighted by Crippen LogP contribution is 2.34. The standard InChI is InChI=1S/C27H26N4O5S3/c1-16-10-12-19(13-11-16)37-14-20-29-30-27(31(20)18-8-6-5-7-9-18)38-15-21(32)28-24-22(25(33)35-3)17(2)23(39-24)26(34)36-4/h5-13H,14-15H2,1-4H3,(H,28,32). The third-order valence-electron chi connectivity index (χ3n) is 5.60. The molecular weight excluding hydrogens is 557 g/mol. The van der Waals surface area contributed by atoms with Crippen LogP contribution in [0.5, 0.6) is 0 Å². The highest BCUT2D eigenvalue weighted by atomic mass is 32.2. The summed E-state index contributed by atoms with van der Waals surface area (Å²) in [7, 11) is 2.49. The molecule has 4 aromatic rings. The number of para-hydroxylation sites is 1. The molecule has 0 spiro atoms. The molecule has 1 amide bonds. The lowest BCUT2D eigenvalue weighted by Crippen LogP contribution is -2.16. The topological polar surface area (TPSA) is 112 Å². The molecule has 1 N–H and O–H groups in total. The molecule has 202 valence electrons. The summed E-state index contributed by atoms with van der Waals surface area (Å²) in [5.74, 6) is -0.280. The number of thioether (sulfide) groups is 2. The van der Waals surface area contributed by atoms with Crippen LogP contribution in [0.25, 0.3) is 5.69 Å². The molecule has 2 aromatic heterocycles. The summed E-state index contributed by atoms with van der Waals surface area (Å²) in [5, 5.41) is 12.3. The van der Waals surface area contributed by atoms with Gasteiger partial charge in [-0.25, -0.2) is 9.59 Å². The third-order valence-corrected chi connectivity index (χ3v) is 8.72. The average Bonchev–Trinajstić information content (AvgIpc) is 3.51. The van der Waals surface area contributed by atoms with Crippen molar-refractivity contribution in [2.45, 2.75) is 29.7 Å². The van der Waals surface area contributed by atoms with E-state index in [9.17, 15) is 14.4 Å². The molecular formula is C27H26N4O5S3. The zero-order valence-electron chi connectivity index (χ0n) is 21.7. The summed E-state index contributed by atoms with van der Waals surface area (Å²) in [6.45, 7) is 3.66. The van der Waals surface area contributed by atoms with E-state index in [1.807, 2.05) is 41.8 Å². The van der Waals surface area contributed by atoms with E-state index < -0.39 is 11.9 Å². The maximum absolute atomic E-state index is 12.9. The van der Waals surface area contributed by atoms with Gasteiger partial charge in [0.2, 0.25) is 5.91 Å². The maximum Gasteiger partial charge on any atom is 0.348 e. The number of rotatable bonds is 10. The summed E-state index contributed by atoms with van der Waals surface area (Å²) >= 11 is 3.84. The van der Waals surface area contributed by atoms with Crippen LogP contribution in [0.1, 0.15) is 37.0 Å². The minimum atomic E-state index is -0.651. The molecule has 0 atom stereocenters. The number of nitrogens with zero attached hydrogens (tertiary/aromatic N) is 3. The Morgan fingerprint density at radius 2 is 1.62 bits per heavy atom. The lowest BCUT2D eigenvalue weighted by atomic mass is 10.1. The van der Waals surface area contributed by atoms with Crippen molar-refractivity contribution in [3.05, 3.63) is 82.0 Å². The normalized spacial score (nSPS) is 10.8. The second-order valence-electron chi connectivity index (χ2n) is 8.25. The van der Waals surface area contributed by atoms with Crippen LogP contribution in [-0.4, -0.2) is 52.6 Å². The number of nitrogens with one attached hydrogen (secondary N) is 1. The lowest BCUT2D eigenvalue weighted by Gasteiger charge is -2.10. The first kappa shape index (κ1) is 28.4. The first-order chi connectivity index (χ1) is 18.8. The Balaban J connectivity index is 1.52. The van der Waals surface area contributed by atoms with Gasteiger partial charge in [0.15, 0.2) is 5.16 Å². The van der Waals surface area contributed by atoms with Gasteiger partial charge in [-0.15, -0.1) is 33.3 Å². The van der Waals surface area contributed by atoms with Crippen LogP contribution in [0, 0.1) is 13.8 Å². The van der Waals surface area contributed by atoms with Crippen molar-refractivity contribution >= 4 is 57.7 Å². The number of aromatic nitrogens is 3. The second kappa shape index (κ2) is 13.0. The maximum atomic E-state index is 12.9. The Morgan fingerprint density at radius 1 is 0.923 bits per heavy atom. The van der Waals surface area contributed by atoms with Gasteiger partial charge in [-0.2, -0.15) is 0 Å². The smallest absolute Gasteiger partial charge is 0.348 e. The van der Waals surface area contributed by atoms with Crippen molar-refractivity contribution in [3.63, 3.8) is 0 Å². The molecule has 9 nitrogen and oxygen atoms in total. The number of hydrogen-bond acceptors (Lipinski definition) is 10. The van der Waals surface area contributed by atoms with Gasteiger partial charge >= 0.3 is 11.9 Å². The molecule has 0 unspecified atom stereocenters. The third kappa shape index (κ3) is 6.70. The molecule has 0 saturated carbocycles. The van der Waals surface area contributed by atoms with E-state index in [1.54, 1.807) is 18.7 Å². The summed E-state index contributed by atoms with van der Waals surface area (Å²) in [5.41, 5.74) is 2.60. The second-order valence-corrected chi connectivity index (χ2v) is 11.3. The Morgan fingerprint density at radius 3 is 2.28 bits per heavy atom. The predicted octanol–water partition coefficient (Wildman–Crippen LogP) is 5.54. The monoisotopic (exact) mass is 582 g/mol. The van der Waals surface area contributed by atoms with E-state index in [-0.39, 0.29) is 27.1 Å². The van der Waals surface area contributed by atoms with Crippen LogP contribution in [0.15, 0.2) is 64.6 Å². The predicted molar refractivity (Wildman–Crippen MR) is 153 cm³/mol. The SMILES string of the molecule is COC(=O)c1sc(NC(=O)CSc2nnc(CSc3ccc(C)cc3)n2-c2ccccc2)c(C(=O)OC)c1C. The number of methoxy groups -OCH3 is 2. The van der Waals surface area contributed by atoms with Crippen molar-refractivity contribution < 1.29 is 23.9 Å². The number of ether oxygens (including phenoxy) is 2. The molecule has 39 heavy (non-hydrogen) atoms. The number of aryl methyl sites for hydroxylation is 1. The number of carbonyl (C=O) groups is 3. The van der Waals surface area contributed by atoms with Crippen LogP contribution in [0.4, 0.5) is 5.00 Å². The summed E-state index contributed by atoms with van der Waals surface area (Å²) in [4.78, 5) is 38.8. The van der Waals surface area contributed by atoms with Crippen LogP contribution in [-0.2, 0) is 20.0 Å². The van der Waals surface area contributed by atoms with E-state index >= 15 is 0 Å². The van der Waals surface area contributed by atoms with Crippen molar-refractivity contribution in [2.75, 3.05) is 25.3 Å². The van der Waals surface area contributed by atoms with Gasteiger partial charge in [-0.3, -0.25) is 9.36 Å². The molecule has 0 aliphatic carbocycles. The molecule has 12 heteroatoms. The molecule has 4 rings (SSSR count). The number of benzene rings is 2. The summed E-state index contributed by atoms with van der Waals surface area (Å²) < 4.78 is 11.6. The van der Waals surface area contributed by atoms with Crippen LogP contribution >= 0.6 is 34.9 Å². The molecule has 0 aliphatic rings. The zero-order chi connectivity index (χ0) is 27.9. The Bertz CT molecular complexity index is 1480. The summed E-state index contributed by atoms with van der Waals surface area (Å²) in [6, 6.07) is 18.0. The minimum Gasteiger partial charge on any atom is -0.465 e. The highest BCUT2D eigenvalue weighted by Gasteiger charge is 2.27. The molecule has 0 fully saturated rings. The molecule has 2 aromatic carbocycles. The Labute approximate surface area is 238 Å². The Hall–Kier alpha value is -3.61. The number of thiophene rings is 1. The van der Waals surface area contributed by atoms with E-state index in [0.29, 0.717) is 16.5 Å². The van der Waals surface area contributed by atoms with Crippen molar-refractivity contribution in [1.29, 1.82) is 0 Å². The number of esters is 2. The average molecular weight is 583 g/mol. The number of carbonyl (C=O) groups excluding carboxylic acids is 3. The van der Waals surface area contributed by atoms with E-state index in [4.69, 9.17) is 9.47 Å². The van der Waals surface area contributed by atoms with Crippen LogP contribution in [0.3, 0.4) is 0 Å². The van der Waals surface area contributed by atoms with Crippen molar-refractivity contribution in [3.8, 4) is 5.69 Å². The molecule has 0 saturated heterocycles. The molecule has 2 heterocycles. The van der Waals surface area contributed by atoms with E-state index in [1.165, 1.54) is 31.5 Å². The summed E-state index contributed by atoms with van der Waals surface area (Å²) in [6.07, 6.45) is 0. The lowest BCUT2D eigenvalue weighted by molar-refractivity contribution is -0.113. The van der Waals surface area contributed by atoms with Crippen molar-refractivity contribution in [2.24, 2.45) is 0 Å². The fourth-order valence-electron chi connectivity index (χ4n) is 3.64. The van der Waals surface area contributed by atoms with E-state index in [0.717, 1.165) is 27.7 Å². The first-order valence-electron chi connectivity index (χ1n) is 11.7. The fraction of sp³-hybridized carbons (Fsp3) is 0.222. The van der Waals surface area contributed by atoms with E-state index in [2.05, 4.69) is 39.8 Å². The number of hydrogen-bond donors (Lipinski definition) is 1. The van der Waals surface area contributed by atoms with Gasteiger partial charge in [0, 0.05) is 10.6 Å². The van der Waals surface area contributed by atoms with Gasteiger partial charge < -0.3 is 14.8 Å². The van der Waals surface area contributed by atoms with Gasteiger partial charge in [-0.1, -0.05) is 47.7 Å². The fourth-order valence-corrected chi connectivity index (χ4v) is 6.35. The zero-order valence-corrected chi connectivity index (χ0v) is 24.2. The van der Waals surface area contributed by atoms with Gasteiger partial charge in [0.25, 0.3) is 0 Å². The van der Waals surface area contributed by atoms with Gasteiger partial charge in [0.05, 0.1) is 31.3 Å². The van der Waals surface area contributed by atoms with Crippen LogP contribution < -0.4 is 5.32 Å². The number of anilines is 1. The minimum absolute atomic E-state index is 0.00118. The van der Waals surface area contributed by atoms with Gasteiger partial charge in [0.1, 0.15) is 15.7 Å². The first-order valence-corrected chi connectivity index (χ1v) is 14.5. The van der Waals surface area contributed by atoms with Crippen molar-refractivity contribution in [1.82, 2.24) is 14.8 Å². The van der Waals surface area contributed by atoms with Crippen LogP contribution in [0.2, 0.25) is 0 Å². The molecule has 0 radical (unpaired) electrons. The molecule has 0 bridgehead atoms. The highest BCUT2D eigenvalue weighted by molar-refractivity contribution is 7.99. The van der Waals surface area contributed by atoms with Gasteiger partial charge in [-0.05, 0) is 43.7 Å². The number of amides is 1. The quantitative estimate of drug-likeness (QED) is 0.190. The molecule has 0 aliphatic heterocycles.